The van der Waals surface area contributed by atoms with Gasteiger partial charge in [0.1, 0.15) is 0 Å². The summed E-state index contributed by atoms with van der Waals surface area (Å²) >= 11 is 4.55. The monoisotopic (exact) mass is 245 g/mol. The van der Waals surface area contributed by atoms with Crippen LogP contribution in [0.3, 0.4) is 0 Å². The van der Waals surface area contributed by atoms with E-state index in [0.717, 1.165) is 18.0 Å². The van der Waals surface area contributed by atoms with Gasteiger partial charge in [-0.1, -0.05) is 24.3 Å². The lowest BCUT2D eigenvalue weighted by atomic mass is 9.86. The van der Waals surface area contributed by atoms with Gasteiger partial charge < -0.3 is 9.64 Å². The van der Waals surface area contributed by atoms with Gasteiger partial charge in [0.15, 0.2) is 0 Å². The van der Waals surface area contributed by atoms with Crippen molar-refractivity contribution >= 4 is 18.3 Å². The largest absolute Gasteiger partial charge is 0.370 e. The van der Waals surface area contributed by atoms with Crippen LogP contribution in [0, 0.1) is 11.8 Å². The maximum Gasteiger partial charge on any atom is 0.0814 e. The van der Waals surface area contributed by atoms with Gasteiger partial charge in [0, 0.05) is 29.8 Å². The summed E-state index contributed by atoms with van der Waals surface area (Å²) in [5.74, 6) is 1.36. The Morgan fingerprint density at radius 3 is 2.35 bits per heavy atom. The number of rotatable bonds is 1. The van der Waals surface area contributed by atoms with Gasteiger partial charge in [0.2, 0.25) is 0 Å². The van der Waals surface area contributed by atoms with E-state index in [1.165, 1.54) is 5.69 Å². The van der Waals surface area contributed by atoms with E-state index in [0.29, 0.717) is 24.0 Å². The molecule has 1 aromatic carbocycles. The Labute approximate surface area is 107 Å². The quantitative estimate of drug-likeness (QED) is 0.602. The summed E-state index contributed by atoms with van der Waals surface area (Å²) < 4.78 is 5.90. The lowest BCUT2D eigenvalue weighted by Crippen LogP contribution is -2.24. The van der Waals surface area contributed by atoms with Crippen LogP contribution in [-0.4, -0.2) is 25.3 Å². The Hall–Kier alpha value is -0.930. The van der Waals surface area contributed by atoms with Crippen molar-refractivity contribution in [3.05, 3.63) is 36.4 Å². The average molecular weight is 245 g/mol. The van der Waals surface area contributed by atoms with Crippen LogP contribution in [-0.2, 0) is 4.74 Å². The number of anilines is 1. The van der Waals surface area contributed by atoms with E-state index >= 15 is 0 Å². The minimum atomic E-state index is 0.363. The van der Waals surface area contributed by atoms with E-state index in [1.807, 2.05) is 6.07 Å². The first-order valence-corrected chi connectivity index (χ1v) is 6.64. The summed E-state index contributed by atoms with van der Waals surface area (Å²) in [5, 5.41) is 0. The van der Waals surface area contributed by atoms with E-state index < -0.39 is 0 Å². The van der Waals surface area contributed by atoms with Crippen molar-refractivity contribution in [3.63, 3.8) is 0 Å². The third-order valence-electron chi connectivity index (χ3n) is 4.28. The molecule has 0 saturated carbocycles. The average Bonchev–Trinajstić information content (AvgIpc) is 3.01. The van der Waals surface area contributed by atoms with E-state index in [9.17, 15) is 0 Å². The van der Waals surface area contributed by atoms with Crippen molar-refractivity contribution in [1.82, 2.24) is 0 Å². The molecule has 4 atom stereocenters. The molecule has 4 rings (SSSR count). The lowest BCUT2D eigenvalue weighted by molar-refractivity contribution is 0.100. The van der Waals surface area contributed by atoms with Crippen molar-refractivity contribution in [1.29, 1.82) is 0 Å². The smallest absolute Gasteiger partial charge is 0.0814 e. The van der Waals surface area contributed by atoms with E-state index in [-0.39, 0.29) is 0 Å². The zero-order valence-electron chi connectivity index (χ0n) is 9.49. The maximum absolute atomic E-state index is 5.90. The number of thiol groups is 1. The highest BCUT2D eigenvalue weighted by Gasteiger charge is 2.50. The van der Waals surface area contributed by atoms with E-state index in [4.69, 9.17) is 4.74 Å². The fraction of sp³-hybridized carbons (Fsp3) is 0.429. The highest BCUT2D eigenvalue weighted by Crippen LogP contribution is 2.45. The van der Waals surface area contributed by atoms with E-state index in [1.54, 1.807) is 0 Å². The summed E-state index contributed by atoms with van der Waals surface area (Å²) in [7, 11) is 0. The molecule has 3 aliphatic rings. The highest BCUT2D eigenvalue weighted by atomic mass is 32.1. The Morgan fingerprint density at radius 1 is 1.06 bits per heavy atom. The molecule has 0 radical (unpaired) electrons. The zero-order chi connectivity index (χ0) is 11.4. The predicted octanol–water partition coefficient (Wildman–Crippen LogP) is 2.36. The first kappa shape index (κ1) is 10.0. The molecule has 88 valence electrons. The first-order chi connectivity index (χ1) is 8.33. The van der Waals surface area contributed by atoms with E-state index in [2.05, 4.69) is 47.9 Å². The van der Waals surface area contributed by atoms with Crippen molar-refractivity contribution in [2.24, 2.45) is 11.8 Å². The number of nitrogens with zero attached hydrogens (tertiary/aromatic N) is 1. The third kappa shape index (κ3) is 1.39. The van der Waals surface area contributed by atoms with Crippen molar-refractivity contribution in [2.45, 2.75) is 17.1 Å². The van der Waals surface area contributed by atoms with Crippen LogP contribution in [0.2, 0.25) is 0 Å². The van der Waals surface area contributed by atoms with Crippen LogP contribution in [0.25, 0.3) is 0 Å². The van der Waals surface area contributed by atoms with Gasteiger partial charge in [0.05, 0.1) is 17.9 Å². The van der Waals surface area contributed by atoms with Gasteiger partial charge in [-0.15, -0.1) is 12.6 Å². The minimum absolute atomic E-state index is 0.363. The summed E-state index contributed by atoms with van der Waals surface area (Å²) in [4.78, 5) is 3.54. The summed E-state index contributed by atoms with van der Waals surface area (Å²) in [6.45, 7) is 2.21. The Morgan fingerprint density at radius 2 is 1.71 bits per heavy atom. The molecule has 3 aliphatic heterocycles. The van der Waals surface area contributed by atoms with Crippen LogP contribution in [0.4, 0.5) is 5.69 Å². The molecule has 0 N–H and O–H groups in total. The molecule has 1 aromatic rings. The van der Waals surface area contributed by atoms with Gasteiger partial charge in [0.25, 0.3) is 0 Å². The first-order valence-electron chi connectivity index (χ1n) is 6.19. The molecule has 3 heterocycles. The lowest BCUT2D eigenvalue weighted by Gasteiger charge is -2.22. The fourth-order valence-corrected chi connectivity index (χ4v) is 3.76. The van der Waals surface area contributed by atoms with Crippen molar-refractivity contribution < 1.29 is 4.74 Å². The second kappa shape index (κ2) is 3.53. The van der Waals surface area contributed by atoms with Gasteiger partial charge in [-0.3, -0.25) is 0 Å². The standard InChI is InChI=1S/C14H15NOS/c17-14-4-2-1-3-11(14)15-7-9-10(8-15)13-6-5-12(9)16-13/h1-6,9-10,12-13,17H,7-8H2. The molecule has 2 fully saturated rings. The maximum atomic E-state index is 5.90. The predicted molar refractivity (Wildman–Crippen MR) is 70.7 cm³/mol. The van der Waals surface area contributed by atoms with Crippen LogP contribution in [0.15, 0.2) is 41.3 Å². The molecule has 2 bridgehead atoms. The zero-order valence-corrected chi connectivity index (χ0v) is 10.4. The van der Waals surface area contributed by atoms with Crippen molar-refractivity contribution in [3.8, 4) is 0 Å². The Balaban J connectivity index is 1.63. The Bertz CT molecular complexity index is 467. The van der Waals surface area contributed by atoms with Gasteiger partial charge in [-0.2, -0.15) is 0 Å². The van der Waals surface area contributed by atoms with Crippen LogP contribution >= 0.6 is 12.6 Å². The minimum Gasteiger partial charge on any atom is -0.370 e. The Kier molecular flexibility index (Phi) is 2.08. The molecule has 17 heavy (non-hydrogen) atoms. The molecule has 4 unspecified atom stereocenters. The third-order valence-corrected chi connectivity index (χ3v) is 4.66. The molecule has 3 heteroatoms. The van der Waals surface area contributed by atoms with Gasteiger partial charge in [-0.25, -0.2) is 0 Å². The van der Waals surface area contributed by atoms with Crippen molar-refractivity contribution in [2.75, 3.05) is 18.0 Å². The van der Waals surface area contributed by atoms with Crippen LogP contribution in [0.1, 0.15) is 0 Å². The number of benzene rings is 1. The highest BCUT2D eigenvalue weighted by molar-refractivity contribution is 7.80. The molecule has 0 aromatic heterocycles. The molecular weight excluding hydrogens is 230 g/mol. The molecule has 0 aliphatic carbocycles. The fourth-order valence-electron chi connectivity index (χ4n) is 3.46. The van der Waals surface area contributed by atoms with Gasteiger partial charge in [-0.05, 0) is 12.1 Å². The normalized spacial score (nSPS) is 37.8. The molecule has 2 saturated heterocycles. The number of para-hydroxylation sites is 1. The summed E-state index contributed by atoms with van der Waals surface area (Å²) in [5.41, 5.74) is 1.27. The number of hydrogen-bond acceptors (Lipinski definition) is 3. The second-order valence-corrected chi connectivity index (χ2v) is 5.65. The number of ether oxygens (including phenoxy) is 1. The molecule has 2 nitrogen and oxygen atoms in total. The molecule has 0 spiro atoms. The SMILES string of the molecule is Sc1ccccc1N1CC2C3C=CC(O3)C2C1. The number of fused-ring (bicyclic) bond motifs is 5. The van der Waals surface area contributed by atoms with Crippen LogP contribution in [0.5, 0.6) is 0 Å². The van der Waals surface area contributed by atoms with Gasteiger partial charge >= 0.3 is 0 Å². The summed E-state index contributed by atoms with van der Waals surface area (Å²) in [6, 6.07) is 8.36. The number of hydrogen-bond donors (Lipinski definition) is 1. The molecular formula is C14H15NOS. The molecule has 0 amide bonds. The topological polar surface area (TPSA) is 12.5 Å². The second-order valence-electron chi connectivity index (χ2n) is 5.17. The summed E-state index contributed by atoms with van der Waals surface area (Å²) in [6.07, 6.45) is 5.20. The van der Waals surface area contributed by atoms with Crippen LogP contribution < -0.4 is 4.90 Å².